The summed E-state index contributed by atoms with van der Waals surface area (Å²) in [4.78, 5) is 42.3. The molecule has 2 saturated carbocycles. The third-order valence-corrected chi connectivity index (χ3v) is 6.03. The molecule has 25 heavy (non-hydrogen) atoms. The van der Waals surface area contributed by atoms with E-state index in [2.05, 4.69) is 15.6 Å². The van der Waals surface area contributed by atoms with E-state index in [1.807, 2.05) is 5.38 Å². The fourth-order valence-corrected chi connectivity index (χ4v) is 4.49. The van der Waals surface area contributed by atoms with Crippen LogP contribution in [0.1, 0.15) is 63.0 Å². The van der Waals surface area contributed by atoms with Crippen LogP contribution in [0.25, 0.3) is 0 Å². The Hall–Kier alpha value is -1.96. The highest BCUT2D eigenvalue weighted by Gasteiger charge is 2.52. The number of hydrogen-bond acceptors (Lipinski definition) is 5. The van der Waals surface area contributed by atoms with Crippen LogP contribution < -0.4 is 10.6 Å². The second-order valence-electron chi connectivity index (χ2n) is 7.18. The van der Waals surface area contributed by atoms with E-state index >= 15 is 0 Å². The Morgan fingerprint density at radius 3 is 2.84 bits per heavy atom. The van der Waals surface area contributed by atoms with Gasteiger partial charge in [0.2, 0.25) is 5.91 Å². The second-order valence-corrected chi connectivity index (χ2v) is 8.04. The van der Waals surface area contributed by atoms with E-state index < -0.39 is 5.54 Å². The highest BCUT2D eigenvalue weighted by Crippen LogP contribution is 2.41. The highest BCUT2D eigenvalue weighted by atomic mass is 32.1. The minimum Gasteiger partial charge on any atom is -0.323 e. The van der Waals surface area contributed by atoms with Crippen molar-refractivity contribution in [2.45, 2.75) is 62.8 Å². The Labute approximate surface area is 150 Å². The average molecular weight is 362 g/mol. The number of hydrogen-bond donors (Lipinski definition) is 2. The Kier molecular flexibility index (Phi) is 4.23. The van der Waals surface area contributed by atoms with E-state index in [0.717, 1.165) is 31.4 Å². The zero-order valence-electron chi connectivity index (χ0n) is 14.0. The molecule has 1 aromatic heterocycles. The number of carbonyl (C=O) groups is 3. The molecule has 2 heterocycles. The monoisotopic (exact) mass is 362 g/mol. The lowest BCUT2D eigenvalue weighted by Crippen LogP contribution is -2.44. The van der Waals surface area contributed by atoms with E-state index in [1.165, 1.54) is 29.1 Å². The van der Waals surface area contributed by atoms with Crippen LogP contribution in [-0.4, -0.2) is 39.8 Å². The van der Waals surface area contributed by atoms with Gasteiger partial charge in [0.1, 0.15) is 5.54 Å². The molecule has 4 rings (SSSR count). The minimum absolute atomic E-state index is 0.121. The number of nitrogens with zero attached hydrogens (tertiary/aromatic N) is 2. The number of rotatable bonds is 6. The molecule has 1 aliphatic heterocycles. The van der Waals surface area contributed by atoms with Crippen LogP contribution in [0.2, 0.25) is 0 Å². The summed E-state index contributed by atoms with van der Waals surface area (Å²) in [6.07, 6.45) is 6.49. The Morgan fingerprint density at radius 2 is 2.12 bits per heavy atom. The first-order valence-electron chi connectivity index (χ1n) is 8.97. The van der Waals surface area contributed by atoms with Gasteiger partial charge < -0.3 is 10.6 Å². The molecule has 0 bridgehead atoms. The molecule has 0 aromatic carbocycles. The van der Waals surface area contributed by atoms with Gasteiger partial charge in [0.15, 0.2) is 5.13 Å². The molecule has 0 unspecified atom stereocenters. The number of anilines is 1. The maximum Gasteiger partial charge on any atom is 0.325 e. The summed E-state index contributed by atoms with van der Waals surface area (Å²) in [6, 6.07) is -0.318. The third-order valence-electron chi connectivity index (χ3n) is 5.25. The predicted molar refractivity (Wildman–Crippen MR) is 93.4 cm³/mol. The van der Waals surface area contributed by atoms with Gasteiger partial charge in [-0.1, -0.05) is 12.8 Å². The summed E-state index contributed by atoms with van der Waals surface area (Å²) in [5, 5.41) is 8.29. The summed E-state index contributed by atoms with van der Waals surface area (Å²) in [7, 11) is 0. The molecule has 3 fully saturated rings. The average Bonchev–Trinajstić information content (AvgIpc) is 3.06. The molecule has 0 atom stereocenters. The zero-order chi connectivity index (χ0) is 17.4. The normalized spacial score (nSPS) is 21.8. The second kappa shape index (κ2) is 6.40. The van der Waals surface area contributed by atoms with Gasteiger partial charge >= 0.3 is 6.03 Å². The van der Waals surface area contributed by atoms with Gasteiger partial charge in [-0.25, -0.2) is 9.78 Å². The number of thiazole rings is 1. The number of carbonyl (C=O) groups excluding carboxylic acids is 3. The number of amides is 4. The molecule has 7 nitrogen and oxygen atoms in total. The number of aromatic nitrogens is 1. The Morgan fingerprint density at radius 1 is 1.36 bits per heavy atom. The van der Waals surface area contributed by atoms with E-state index in [1.54, 1.807) is 0 Å². The molecule has 2 N–H and O–H groups in total. The van der Waals surface area contributed by atoms with Crippen LogP contribution in [-0.2, 0) is 9.59 Å². The minimum atomic E-state index is -0.667. The van der Waals surface area contributed by atoms with E-state index in [0.29, 0.717) is 17.5 Å². The molecular weight excluding hydrogens is 340 g/mol. The molecule has 2 aliphatic carbocycles. The summed E-state index contributed by atoms with van der Waals surface area (Å²) in [5.41, 5.74) is 0.404. The fourth-order valence-electron chi connectivity index (χ4n) is 3.69. The first kappa shape index (κ1) is 16.5. The van der Waals surface area contributed by atoms with E-state index in [-0.39, 0.29) is 30.8 Å². The maximum atomic E-state index is 12.5. The molecule has 8 heteroatoms. The lowest BCUT2D eigenvalue weighted by molar-refractivity contribution is -0.131. The Balaban J connectivity index is 1.25. The summed E-state index contributed by atoms with van der Waals surface area (Å²) >= 11 is 1.45. The largest absolute Gasteiger partial charge is 0.325 e. The standard InChI is InChI=1S/C17H22N4O3S/c22-13(19-15-18-12(10-25-15)11-5-6-11)4-3-9-21-14(23)17(20-16(21)24)7-1-2-8-17/h10-11H,1-9H2,(H,20,24)(H,18,19,22). The van der Waals surface area contributed by atoms with Crippen molar-refractivity contribution in [3.05, 3.63) is 11.1 Å². The molecule has 1 spiro atoms. The molecule has 4 amide bonds. The molecule has 3 aliphatic rings. The summed E-state index contributed by atoms with van der Waals surface area (Å²) in [6.45, 7) is 0.283. The number of imide groups is 1. The van der Waals surface area contributed by atoms with Crippen molar-refractivity contribution >= 4 is 34.3 Å². The van der Waals surface area contributed by atoms with Crippen molar-refractivity contribution in [1.29, 1.82) is 0 Å². The molecule has 0 radical (unpaired) electrons. The lowest BCUT2D eigenvalue weighted by atomic mass is 9.98. The first-order chi connectivity index (χ1) is 12.1. The van der Waals surface area contributed by atoms with Gasteiger partial charge in [0.05, 0.1) is 5.69 Å². The fraction of sp³-hybridized carbons (Fsp3) is 0.647. The number of nitrogens with one attached hydrogen (secondary N) is 2. The van der Waals surface area contributed by atoms with Crippen molar-refractivity contribution in [3.8, 4) is 0 Å². The van der Waals surface area contributed by atoms with Crippen molar-refractivity contribution in [2.24, 2.45) is 0 Å². The van der Waals surface area contributed by atoms with Gasteiger partial charge in [-0.15, -0.1) is 11.3 Å². The Bertz CT molecular complexity index is 707. The van der Waals surface area contributed by atoms with Gasteiger partial charge in [-0.05, 0) is 32.1 Å². The molecular formula is C17H22N4O3S. The number of urea groups is 1. The lowest BCUT2D eigenvalue weighted by Gasteiger charge is -2.19. The van der Waals surface area contributed by atoms with Crippen molar-refractivity contribution in [2.75, 3.05) is 11.9 Å². The quantitative estimate of drug-likeness (QED) is 0.761. The first-order valence-corrected chi connectivity index (χ1v) is 9.85. The maximum absolute atomic E-state index is 12.5. The van der Waals surface area contributed by atoms with Crippen LogP contribution in [0.5, 0.6) is 0 Å². The van der Waals surface area contributed by atoms with Gasteiger partial charge in [-0.2, -0.15) is 0 Å². The summed E-state index contributed by atoms with van der Waals surface area (Å²) in [5.74, 6) is 0.327. The van der Waals surface area contributed by atoms with E-state index in [9.17, 15) is 14.4 Å². The van der Waals surface area contributed by atoms with Crippen LogP contribution in [0.4, 0.5) is 9.93 Å². The SMILES string of the molecule is O=C(CCCN1C(=O)NC2(CCCC2)C1=O)Nc1nc(C2CC2)cs1. The van der Waals surface area contributed by atoms with Crippen molar-refractivity contribution < 1.29 is 14.4 Å². The smallest absolute Gasteiger partial charge is 0.323 e. The van der Waals surface area contributed by atoms with Gasteiger partial charge in [0.25, 0.3) is 5.91 Å². The molecule has 1 saturated heterocycles. The van der Waals surface area contributed by atoms with Crippen molar-refractivity contribution in [3.63, 3.8) is 0 Å². The summed E-state index contributed by atoms with van der Waals surface area (Å²) < 4.78 is 0. The van der Waals surface area contributed by atoms with Crippen LogP contribution in [0.3, 0.4) is 0 Å². The van der Waals surface area contributed by atoms with E-state index in [4.69, 9.17) is 0 Å². The van der Waals surface area contributed by atoms with Crippen LogP contribution >= 0.6 is 11.3 Å². The molecule has 134 valence electrons. The molecule has 1 aromatic rings. The van der Waals surface area contributed by atoms with Crippen LogP contribution in [0.15, 0.2) is 5.38 Å². The van der Waals surface area contributed by atoms with Gasteiger partial charge in [0, 0.05) is 24.3 Å². The van der Waals surface area contributed by atoms with Gasteiger partial charge in [-0.3, -0.25) is 14.5 Å². The van der Waals surface area contributed by atoms with Crippen molar-refractivity contribution in [1.82, 2.24) is 15.2 Å². The van der Waals surface area contributed by atoms with Crippen LogP contribution in [0, 0.1) is 0 Å². The topological polar surface area (TPSA) is 91.4 Å². The predicted octanol–water partition coefficient (Wildman–Crippen LogP) is 2.60. The third kappa shape index (κ3) is 3.27. The zero-order valence-corrected chi connectivity index (χ0v) is 14.9. The highest BCUT2D eigenvalue weighted by molar-refractivity contribution is 7.13.